The van der Waals surface area contributed by atoms with E-state index in [1.807, 2.05) is 6.07 Å². The van der Waals surface area contributed by atoms with Crippen molar-refractivity contribution < 1.29 is 18.7 Å². The molecule has 1 amide bonds. The Bertz CT molecular complexity index is 1020. The van der Waals surface area contributed by atoms with Crippen molar-refractivity contribution >= 4 is 23.4 Å². The van der Waals surface area contributed by atoms with Gasteiger partial charge in [0.15, 0.2) is 0 Å². The SMILES string of the molecule is COc1cc(OC)cc(-c2nnc(S[C@@H](C)C(=O)Nc3ccc(C#N)cc3)o2)c1. The normalized spacial score (nSPS) is 11.4. The van der Waals surface area contributed by atoms with Gasteiger partial charge in [-0.15, -0.1) is 10.2 Å². The molecule has 3 aromatic rings. The van der Waals surface area contributed by atoms with Gasteiger partial charge in [-0.05, 0) is 43.3 Å². The molecule has 0 spiro atoms. The summed E-state index contributed by atoms with van der Waals surface area (Å²) in [4.78, 5) is 12.4. The first-order chi connectivity index (χ1) is 14.0. The van der Waals surface area contributed by atoms with E-state index in [1.54, 1.807) is 63.6 Å². The molecule has 9 heteroatoms. The molecule has 1 aromatic heterocycles. The van der Waals surface area contributed by atoms with Crippen molar-refractivity contribution in [2.75, 3.05) is 19.5 Å². The number of ether oxygens (including phenoxy) is 2. The first-order valence-electron chi connectivity index (χ1n) is 8.57. The molecular weight excluding hydrogens is 392 g/mol. The van der Waals surface area contributed by atoms with Crippen molar-refractivity contribution in [3.05, 3.63) is 48.0 Å². The van der Waals surface area contributed by atoms with Gasteiger partial charge in [-0.3, -0.25) is 4.79 Å². The number of nitrogens with zero attached hydrogens (tertiary/aromatic N) is 3. The fraction of sp³-hybridized carbons (Fsp3) is 0.200. The Morgan fingerprint density at radius 2 is 1.79 bits per heavy atom. The standard InChI is InChI=1S/C20H18N4O4S/c1-12(18(25)22-15-6-4-13(11-21)5-7-15)29-20-24-23-19(28-20)14-8-16(26-2)10-17(9-14)27-3/h4-10,12H,1-3H3,(H,22,25)/t12-/m0/s1. The van der Waals surface area contributed by atoms with Crippen LogP contribution >= 0.6 is 11.8 Å². The van der Waals surface area contributed by atoms with E-state index in [4.69, 9.17) is 19.2 Å². The molecular formula is C20H18N4O4S. The number of nitrogens with one attached hydrogen (secondary N) is 1. The van der Waals surface area contributed by atoms with Gasteiger partial charge in [-0.25, -0.2) is 0 Å². The van der Waals surface area contributed by atoms with Gasteiger partial charge in [-0.2, -0.15) is 5.26 Å². The van der Waals surface area contributed by atoms with E-state index in [2.05, 4.69) is 15.5 Å². The minimum absolute atomic E-state index is 0.220. The maximum absolute atomic E-state index is 12.4. The van der Waals surface area contributed by atoms with Crippen molar-refractivity contribution in [1.82, 2.24) is 10.2 Å². The Balaban J connectivity index is 1.67. The Kier molecular flexibility index (Phi) is 6.36. The molecule has 0 saturated carbocycles. The smallest absolute Gasteiger partial charge is 0.277 e. The summed E-state index contributed by atoms with van der Waals surface area (Å²) in [5, 5.41) is 19.5. The first kappa shape index (κ1) is 20.2. The summed E-state index contributed by atoms with van der Waals surface area (Å²) >= 11 is 1.15. The highest BCUT2D eigenvalue weighted by atomic mass is 32.2. The first-order valence-corrected chi connectivity index (χ1v) is 9.45. The number of amides is 1. The number of nitriles is 1. The van der Waals surface area contributed by atoms with Crippen molar-refractivity contribution in [3.63, 3.8) is 0 Å². The molecule has 0 radical (unpaired) electrons. The topological polar surface area (TPSA) is 110 Å². The fourth-order valence-electron chi connectivity index (χ4n) is 2.38. The van der Waals surface area contributed by atoms with Gasteiger partial charge in [0.1, 0.15) is 11.5 Å². The van der Waals surface area contributed by atoms with Crippen LogP contribution in [0.5, 0.6) is 11.5 Å². The number of hydrogen-bond donors (Lipinski definition) is 1. The monoisotopic (exact) mass is 410 g/mol. The zero-order valence-corrected chi connectivity index (χ0v) is 16.8. The van der Waals surface area contributed by atoms with Gasteiger partial charge in [0.2, 0.25) is 11.8 Å². The van der Waals surface area contributed by atoms with E-state index >= 15 is 0 Å². The van der Waals surface area contributed by atoms with Crippen LogP contribution in [0.25, 0.3) is 11.5 Å². The quantitative estimate of drug-likeness (QED) is 0.587. The highest BCUT2D eigenvalue weighted by molar-refractivity contribution is 8.00. The van der Waals surface area contributed by atoms with Crippen LogP contribution in [0.15, 0.2) is 52.1 Å². The molecule has 29 heavy (non-hydrogen) atoms. The lowest BCUT2D eigenvalue weighted by molar-refractivity contribution is -0.115. The molecule has 0 aliphatic rings. The average molecular weight is 410 g/mol. The minimum Gasteiger partial charge on any atom is -0.497 e. The highest BCUT2D eigenvalue weighted by Crippen LogP contribution is 2.31. The number of carbonyl (C=O) groups is 1. The Morgan fingerprint density at radius 3 is 2.38 bits per heavy atom. The number of anilines is 1. The van der Waals surface area contributed by atoms with E-state index in [9.17, 15) is 4.79 Å². The van der Waals surface area contributed by atoms with E-state index in [0.717, 1.165) is 11.8 Å². The van der Waals surface area contributed by atoms with Gasteiger partial charge < -0.3 is 19.2 Å². The number of thioether (sulfide) groups is 1. The van der Waals surface area contributed by atoms with Crippen LogP contribution in [0.2, 0.25) is 0 Å². The van der Waals surface area contributed by atoms with Gasteiger partial charge in [0.25, 0.3) is 5.22 Å². The van der Waals surface area contributed by atoms with Gasteiger partial charge in [0, 0.05) is 17.3 Å². The zero-order chi connectivity index (χ0) is 20.8. The lowest BCUT2D eigenvalue weighted by Gasteiger charge is -2.09. The molecule has 0 saturated heterocycles. The van der Waals surface area contributed by atoms with Crippen molar-refractivity contribution in [1.29, 1.82) is 5.26 Å². The maximum Gasteiger partial charge on any atom is 0.277 e. The fourth-order valence-corrected chi connectivity index (χ4v) is 3.07. The van der Waals surface area contributed by atoms with Crippen molar-refractivity contribution in [2.45, 2.75) is 17.4 Å². The Hall–Kier alpha value is -3.51. The summed E-state index contributed by atoms with van der Waals surface area (Å²) < 4.78 is 16.2. The summed E-state index contributed by atoms with van der Waals surface area (Å²) in [5.41, 5.74) is 1.78. The van der Waals surface area contributed by atoms with Crippen molar-refractivity contribution in [3.8, 4) is 29.0 Å². The second-order valence-electron chi connectivity index (χ2n) is 5.91. The van der Waals surface area contributed by atoms with Crippen LogP contribution in [0.1, 0.15) is 12.5 Å². The number of aromatic nitrogens is 2. The van der Waals surface area contributed by atoms with Crippen LogP contribution in [0.4, 0.5) is 5.69 Å². The summed E-state index contributed by atoms with van der Waals surface area (Å²) in [6, 6.07) is 13.9. The molecule has 1 atom stereocenters. The van der Waals surface area contributed by atoms with E-state index in [0.29, 0.717) is 34.2 Å². The van der Waals surface area contributed by atoms with Gasteiger partial charge in [0.05, 0.1) is 31.1 Å². The molecule has 3 rings (SSSR count). The lowest BCUT2D eigenvalue weighted by atomic mass is 10.2. The Morgan fingerprint density at radius 1 is 1.14 bits per heavy atom. The highest BCUT2D eigenvalue weighted by Gasteiger charge is 2.19. The summed E-state index contributed by atoms with van der Waals surface area (Å²) in [5.74, 6) is 1.27. The van der Waals surface area contributed by atoms with E-state index in [1.165, 1.54) is 0 Å². The number of carbonyl (C=O) groups excluding carboxylic acids is 1. The van der Waals surface area contributed by atoms with Crippen LogP contribution in [0, 0.1) is 11.3 Å². The average Bonchev–Trinajstić information content (AvgIpc) is 3.22. The number of hydrogen-bond acceptors (Lipinski definition) is 8. The Labute approximate surface area is 171 Å². The number of benzene rings is 2. The molecule has 8 nitrogen and oxygen atoms in total. The molecule has 1 heterocycles. The second-order valence-corrected chi connectivity index (χ2v) is 7.20. The van der Waals surface area contributed by atoms with Crippen LogP contribution in [-0.2, 0) is 4.79 Å². The number of rotatable bonds is 7. The van der Waals surface area contributed by atoms with E-state index < -0.39 is 5.25 Å². The third-order valence-corrected chi connectivity index (χ3v) is 4.87. The third kappa shape index (κ3) is 5.06. The van der Waals surface area contributed by atoms with Crippen LogP contribution in [0.3, 0.4) is 0 Å². The number of methoxy groups -OCH3 is 2. The third-order valence-electron chi connectivity index (χ3n) is 3.93. The zero-order valence-electron chi connectivity index (χ0n) is 16.0. The predicted molar refractivity (Wildman–Crippen MR) is 108 cm³/mol. The molecule has 0 aliphatic carbocycles. The molecule has 0 unspecified atom stereocenters. The molecule has 148 valence electrons. The summed E-state index contributed by atoms with van der Waals surface area (Å²) in [6.45, 7) is 1.74. The largest absolute Gasteiger partial charge is 0.497 e. The summed E-state index contributed by atoms with van der Waals surface area (Å²) in [7, 11) is 3.11. The van der Waals surface area contributed by atoms with Gasteiger partial charge >= 0.3 is 0 Å². The predicted octanol–water partition coefficient (Wildman–Crippen LogP) is 3.74. The molecule has 1 N–H and O–H groups in total. The maximum atomic E-state index is 12.4. The molecule has 2 aromatic carbocycles. The van der Waals surface area contributed by atoms with Crippen molar-refractivity contribution in [2.24, 2.45) is 0 Å². The van der Waals surface area contributed by atoms with E-state index in [-0.39, 0.29) is 11.1 Å². The second kappa shape index (κ2) is 9.12. The minimum atomic E-state index is -0.473. The van der Waals surface area contributed by atoms with Gasteiger partial charge in [-0.1, -0.05) is 11.8 Å². The molecule has 0 fully saturated rings. The molecule has 0 bridgehead atoms. The lowest BCUT2D eigenvalue weighted by Crippen LogP contribution is -2.22. The van der Waals surface area contributed by atoms with Crippen LogP contribution in [-0.4, -0.2) is 35.6 Å². The molecule has 0 aliphatic heterocycles. The van der Waals surface area contributed by atoms with Crippen LogP contribution < -0.4 is 14.8 Å². The summed E-state index contributed by atoms with van der Waals surface area (Å²) in [6.07, 6.45) is 0.